The predicted octanol–water partition coefficient (Wildman–Crippen LogP) is 2.45. The lowest BCUT2D eigenvalue weighted by atomic mass is 10.1. The van der Waals surface area contributed by atoms with Crippen molar-refractivity contribution in [3.8, 4) is 23.3 Å². The van der Waals surface area contributed by atoms with Crippen LogP contribution in [0.1, 0.15) is 44.8 Å². The maximum atomic E-state index is 13.6. The molecule has 4 heterocycles. The Morgan fingerprint density at radius 3 is 2.64 bits per heavy atom. The summed E-state index contributed by atoms with van der Waals surface area (Å²) in [6.07, 6.45) is 3.05. The van der Waals surface area contributed by atoms with E-state index in [1.165, 1.54) is 12.3 Å². The molecule has 2 N–H and O–H groups in total. The van der Waals surface area contributed by atoms with E-state index in [-0.39, 0.29) is 37.2 Å². The molecule has 11 heteroatoms. The zero-order valence-corrected chi connectivity index (χ0v) is 22.7. The van der Waals surface area contributed by atoms with Gasteiger partial charge in [-0.1, -0.05) is 12.1 Å². The summed E-state index contributed by atoms with van der Waals surface area (Å²) < 4.78 is 18.0. The van der Waals surface area contributed by atoms with E-state index in [2.05, 4.69) is 15.6 Å². The van der Waals surface area contributed by atoms with Gasteiger partial charge in [0.1, 0.15) is 35.1 Å². The molecule has 1 aliphatic carbocycles. The van der Waals surface area contributed by atoms with Crippen molar-refractivity contribution >= 4 is 17.7 Å². The minimum absolute atomic E-state index is 0.201. The van der Waals surface area contributed by atoms with Crippen molar-refractivity contribution in [2.24, 2.45) is 5.92 Å². The zero-order valence-electron chi connectivity index (χ0n) is 22.7. The Balaban J connectivity index is 1.28. The van der Waals surface area contributed by atoms with E-state index < -0.39 is 18.1 Å². The van der Waals surface area contributed by atoms with Crippen LogP contribution in [-0.2, 0) is 11.3 Å². The van der Waals surface area contributed by atoms with E-state index >= 15 is 0 Å². The molecule has 0 spiro atoms. The molecule has 1 aromatic heterocycles. The number of likely N-dealkylation sites (tertiary alicyclic amines) is 1. The van der Waals surface area contributed by atoms with Crippen molar-refractivity contribution in [1.82, 2.24) is 20.5 Å². The number of pyridine rings is 1. The number of aromatic nitrogens is 1. The van der Waals surface area contributed by atoms with Gasteiger partial charge in [0.05, 0.1) is 24.8 Å². The zero-order chi connectivity index (χ0) is 29.1. The Morgan fingerprint density at radius 1 is 1.07 bits per heavy atom. The molecule has 4 aliphatic rings. The quantitative estimate of drug-likeness (QED) is 0.490. The highest BCUT2D eigenvalue weighted by atomic mass is 16.5. The number of carbonyl (C=O) groups is 3. The van der Waals surface area contributed by atoms with Crippen molar-refractivity contribution in [1.29, 1.82) is 5.26 Å². The first-order chi connectivity index (χ1) is 20.4. The minimum atomic E-state index is -0.546. The van der Waals surface area contributed by atoms with E-state index in [0.29, 0.717) is 47.4 Å². The van der Waals surface area contributed by atoms with Crippen LogP contribution < -0.4 is 24.8 Å². The van der Waals surface area contributed by atoms with Gasteiger partial charge in [0, 0.05) is 30.9 Å². The molecule has 0 radical (unpaired) electrons. The fraction of sp³-hybridized carbons (Fsp3) is 0.323. The van der Waals surface area contributed by atoms with E-state index in [9.17, 15) is 14.4 Å². The second-order valence-electron chi connectivity index (χ2n) is 10.6. The van der Waals surface area contributed by atoms with Crippen LogP contribution in [0.3, 0.4) is 0 Å². The number of nitrogens with zero attached hydrogens (tertiary/aromatic N) is 3. The van der Waals surface area contributed by atoms with E-state index in [4.69, 9.17) is 19.5 Å². The molecular weight excluding hydrogens is 538 g/mol. The Hall–Kier alpha value is -5.11. The molecule has 2 aromatic carbocycles. The van der Waals surface area contributed by atoms with Crippen LogP contribution >= 0.6 is 0 Å². The molecular formula is C31H29N5O6. The highest BCUT2D eigenvalue weighted by Crippen LogP contribution is 2.31. The molecule has 214 valence electrons. The number of ether oxygens (including phenoxy) is 3. The van der Waals surface area contributed by atoms with Crippen LogP contribution in [0.25, 0.3) is 0 Å². The van der Waals surface area contributed by atoms with Gasteiger partial charge in [-0.25, -0.2) is 4.98 Å². The number of hydrogen-bond donors (Lipinski definition) is 2. The molecule has 3 aromatic rings. The third kappa shape index (κ3) is 6.44. The molecule has 1 saturated carbocycles. The van der Waals surface area contributed by atoms with Crippen molar-refractivity contribution in [2.75, 3.05) is 26.3 Å². The molecule has 11 nitrogen and oxygen atoms in total. The van der Waals surface area contributed by atoms with Crippen molar-refractivity contribution in [3.63, 3.8) is 0 Å². The number of amides is 3. The largest absolute Gasteiger partial charge is 0.493 e. The fourth-order valence-electron chi connectivity index (χ4n) is 4.85. The minimum Gasteiger partial charge on any atom is -0.493 e. The molecule has 2 atom stereocenters. The average molecular weight is 568 g/mol. The first kappa shape index (κ1) is 27.1. The number of benzene rings is 2. The lowest BCUT2D eigenvalue weighted by Crippen LogP contribution is -2.45. The molecule has 0 unspecified atom stereocenters. The predicted molar refractivity (Wildman–Crippen MR) is 149 cm³/mol. The van der Waals surface area contributed by atoms with Crippen molar-refractivity contribution in [2.45, 2.75) is 31.5 Å². The van der Waals surface area contributed by atoms with E-state index in [0.717, 1.165) is 18.4 Å². The normalized spacial score (nSPS) is 20.2. The Morgan fingerprint density at radius 2 is 1.90 bits per heavy atom. The lowest BCUT2D eigenvalue weighted by molar-refractivity contribution is -0.123. The van der Waals surface area contributed by atoms with Gasteiger partial charge in [0.25, 0.3) is 17.7 Å². The van der Waals surface area contributed by atoms with Crippen LogP contribution in [0, 0.1) is 17.2 Å². The van der Waals surface area contributed by atoms with Crippen LogP contribution in [-0.4, -0.2) is 66.1 Å². The molecule has 42 heavy (non-hydrogen) atoms. The second kappa shape index (κ2) is 11.8. The molecule has 4 bridgehead atoms. The van der Waals surface area contributed by atoms with Crippen LogP contribution in [0.15, 0.2) is 60.8 Å². The monoisotopic (exact) mass is 567 g/mol. The summed E-state index contributed by atoms with van der Waals surface area (Å²) >= 11 is 0. The third-order valence-electron chi connectivity index (χ3n) is 7.39. The van der Waals surface area contributed by atoms with Gasteiger partial charge in [-0.05, 0) is 60.7 Å². The van der Waals surface area contributed by atoms with Crippen molar-refractivity contribution < 1.29 is 28.6 Å². The van der Waals surface area contributed by atoms with Crippen molar-refractivity contribution in [3.05, 3.63) is 83.2 Å². The standard InChI is InChI=1S/C31H29N5O6/c32-12-23-6-5-21(14-33-23)31(39)36-15-27-28(16-36)42-24-7-3-19(4-8-24)13-34-29(37)18-41-26-10-22(30(38)35-27)9-25(11-26)40-17-20-1-2-20/h3-11,14,20,27-28H,1-2,13,15-18H2,(H,34,37)(H,35,38)/t27-,28-/m0/s1. The summed E-state index contributed by atoms with van der Waals surface area (Å²) in [7, 11) is 0. The summed E-state index contributed by atoms with van der Waals surface area (Å²) in [6, 6.07) is 16.6. The summed E-state index contributed by atoms with van der Waals surface area (Å²) in [5.74, 6) is 0.906. The number of hydrogen-bond acceptors (Lipinski definition) is 8. The summed E-state index contributed by atoms with van der Waals surface area (Å²) in [6.45, 7) is 1.06. The second-order valence-corrected chi connectivity index (χ2v) is 10.6. The van der Waals surface area contributed by atoms with Gasteiger partial charge in [0.15, 0.2) is 6.61 Å². The Bertz CT molecular complexity index is 1530. The molecule has 3 amide bonds. The summed E-state index contributed by atoms with van der Waals surface area (Å²) in [5.41, 5.74) is 1.72. The summed E-state index contributed by atoms with van der Waals surface area (Å²) in [4.78, 5) is 44.9. The maximum absolute atomic E-state index is 13.6. The molecule has 3 aliphatic heterocycles. The van der Waals surface area contributed by atoms with Gasteiger partial charge in [-0.3, -0.25) is 14.4 Å². The smallest absolute Gasteiger partial charge is 0.258 e. The number of nitriles is 1. The van der Waals surface area contributed by atoms with E-state index in [1.54, 1.807) is 41.3 Å². The number of nitrogens with one attached hydrogen (secondary N) is 2. The van der Waals surface area contributed by atoms with Gasteiger partial charge >= 0.3 is 0 Å². The molecule has 1 saturated heterocycles. The van der Waals surface area contributed by atoms with Crippen LogP contribution in [0.4, 0.5) is 0 Å². The van der Waals surface area contributed by atoms with E-state index in [1.807, 2.05) is 18.2 Å². The average Bonchev–Trinajstić information content (AvgIpc) is 3.77. The van der Waals surface area contributed by atoms with Gasteiger partial charge in [-0.2, -0.15) is 5.26 Å². The van der Waals surface area contributed by atoms with Crippen LogP contribution in [0.5, 0.6) is 17.2 Å². The highest BCUT2D eigenvalue weighted by Gasteiger charge is 2.38. The molecule has 7 rings (SSSR count). The van der Waals surface area contributed by atoms with Gasteiger partial charge in [-0.15, -0.1) is 0 Å². The van der Waals surface area contributed by atoms with Gasteiger partial charge < -0.3 is 29.7 Å². The van der Waals surface area contributed by atoms with Crippen LogP contribution in [0.2, 0.25) is 0 Å². The lowest BCUT2D eigenvalue weighted by Gasteiger charge is -2.21. The Labute approximate surface area is 242 Å². The summed E-state index contributed by atoms with van der Waals surface area (Å²) in [5, 5.41) is 14.9. The SMILES string of the molecule is N#Cc1ccc(C(=O)N2C[C@@H]3NC(=O)c4cc(cc(OCC5CC5)c4)OCC(=O)NCc4ccc(cc4)O[C@H]3C2)cn1. The number of carbonyl (C=O) groups excluding carboxylic acids is 3. The topological polar surface area (TPSA) is 143 Å². The maximum Gasteiger partial charge on any atom is 0.258 e. The molecule has 2 fully saturated rings. The third-order valence-corrected chi connectivity index (χ3v) is 7.39. The first-order valence-electron chi connectivity index (χ1n) is 13.8. The number of fused-ring (bicyclic) bond motifs is 7. The van der Waals surface area contributed by atoms with Gasteiger partial charge in [0.2, 0.25) is 0 Å². The first-order valence-corrected chi connectivity index (χ1v) is 13.8. The fourth-order valence-corrected chi connectivity index (χ4v) is 4.85. The Kier molecular flexibility index (Phi) is 7.60. The highest BCUT2D eigenvalue weighted by molar-refractivity contribution is 5.96. The number of rotatable bonds is 4.